The lowest BCUT2D eigenvalue weighted by molar-refractivity contribution is 0.413. The van der Waals surface area contributed by atoms with E-state index in [1.54, 1.807) is 6.07 Å². The van der Waals surface area contributed by atoms with Gasteiger partial charge in [0.05, 0.1) is 12.8 Å². The van der Waals surface area contributed by atoms with Crippen LogP contribution >= 0.6 is 15.9 Å². The van der Waals surface area contributed by atoms with Crippen LogP contribution in [0.1, 0.15) is 0 Å². The number of ether oxygens (including phenoxy) is 1. The van der Waals surface area contributed by atoms with E-state index in [4.69, 9.17) is 10.5 Å². The van der Waals surface area contributed by atoms with Gasteiger partial charge < -0.3 is 10.5 Å². The maximum atomic E-state index is 13.1. The quantitative estimate of drug-likeness (QED) is 0.806. The van der Waals surface area contributed by atoms with Crippen LogP contribution in [0.15, 0.2) is 45.8 Å². The summed E-state index contributed by atoms with van der Waals surface area (Å²) in [5.41, 5.74) is 6.05. The highest BCUT2D eigenvalue weighted by molar-refractivity contribution is 9.10. The van der Waals surface area contributed by atoms with Gasteiger partial charge in [-0.2, -0.15) is 0 Å². The number of halogens is 2. The summed E-state index contributed by atoms with van der Waals surface area (Å²) in [6, 6.07) is 7.93. The number of methoxy groups -OCH3 is 1. The van der Waals surface area contributed by atoms with Crippen molar-refractivity contribution in [2.75, 3.05) is 17.6 Å². The maximum Gasteiger partial charge on any atom is 0.263 e. The van der Waals surface area contributed by atoms with Crippen LogP contribution in [0.5, 0.6) is 5.75 Å². The van der Waals surface area contributed by atoms with Crippen LogP contribution in [-0.4, -0.2) is 15.5 Å². The number of nitrogens with one attached hydrogen (secondary N) is 1. The van der Waals surface area contributed by atoms with Gasteiger partial charge in [0.15, 0.2) is 0 Å². The summed E-state index contributed by atoms with van der Waals surface area (Å²) in [6.45, 7) is 0. The fraction of sp³-hybridized carbons (Fsp3) is 0.0769. The predicted octanol–water partition coefficient (Wildman–Crippen LogP) is 2.98. The maximum absolute atomic E-state index is 13.1. The van der Waals surface area contributed by atoms with E-state index in [-0.39, 0.29) is 16.3 Å². The Labute approximate surface area is 130 Å². The van der Waals surface area contributed by atoms with Gasteiger partial charge in [0.1, 0.15) is 16.5 Å². The smallest absolute Gasteiger partial charge is 0.263 e. The Balaban J connectivity index is 2.45. The Morgan fingerprint density at radius 3 is 2.62 bits per heavy atom. The van der Waals surface area contributed by atoms with E-state index in [0.29, 0.717) is 10.2 Å². The van der Waals surface area contributed by atoms with Gasteiger partial charge in [0, 0.05) is 16.2 Å². The van der Waals surface area contributed by atoms with Crippen LogP contribution in [0.25, 0.3) is 0 Å². The molecule has 0 fully saturated rings. The second-order valence-corrected chi connectivity index (χ2v) is 6.65. The van der Waals surface area contributed by atoms with E-state index < -0.39 is 15.8 Å². The summed E-state index contributed by atoms with van der Waals surface area (Å²) in [5, 5.41) is 0. The van der Waals surface area contributed by atoms with Gasteiger partial charge in [-0.1, -0.05) is 0 Å². The van der Waals surface area contributed by atoms with E-state index in [9.17, 15) is 12.8 Å². The Hall–Kier alpha value is -1.80. The van der Waals surface area contributed by atoms with Crippen molar-refractivity contribution in [3.8, 4) is 5.75 Å². The SMILES string of the molecule is COc1cc(F)ccc1NS(=O)(=O)c1cc(N)ccc1Br. The fourth-order valence-corrected chi connectivity index (χ4v) is 3.75. The Morgan fingerprint density at radius 1 is 1.24 bits per heavy atom. The second kappa shape index (κ2) is 5.90. The molecule has 8 heteroatoms. The molecule has 0 aliphatic rings. The molecule has 3 N–H and O–H groups in total. The Morgan fingerprint density at radius 2 is 1.95 bits per heavy atom. The Bertz CT molecular complexity index is 781. The molecule has 0 saturated heterocycles. The zero-order valence-electron chi connectivity index (χ0n) is 10.9. The molecule has 0 aliphatic heterocycles. The number of nitrogen functional groups attached to an aromatic ring is 1. The highest BCUT2D eigenvalue weighted by atomic mass is 79.9. The molecule has 0 radical (unpaired) electrons. The normalized spacial score (nSPS) is 11.2. The van der Waals surface area contributed by atoms with Gasteiger partial charge in [-0.05, 0) is 46.3 Å². The third-order valence-electron chi connectivity index (χ3n) is 2.65. The molecule has 0 spiro atoms. The van der Waals surface area contributed by atoms with Crippen LogP contribution in [0.3, 0.4) is 0 Å². The lowest BCUT2D eigenvalue weighted by atomic mass is 10.3. The lowest BCUT2D eigenvalue weighted by Gasteiger charge is -2.13. The van der Waals surface area contributed by atoms with Crippen molar-refractivity contribution >= 4 is 37.3 Å². The van der Waals surface area contributed by atoms with E-state index in [1.165, 1.54) is 25.3 Å². The van der Waals surface area contributed by atoms with E-state index in [1.807, 2.05) is 0 Å². The standard InChI is InChI=1S/C13H12BrFN2O3S/c1-20-12-6-8(15)2-5-11(12)17-21(18,19)13-7-9(16)3-4-10(13)14/h2-7,17H,16H2,1H3. The van der Waals surface area contributed by atoms with Crippen LogP contribution in [-0.2, 0) is 10.0 Å². The van der Waals surface area contributed by atoms with Crippen LogP contribution < -0.4 is 15.2 Å². The van der Waals surface area contributed by atoms with Crippen molar-refractivity contribution in [3.05, 3.63) is 46.7 Å². The van der Waals surface area contributed by atoms with E-state index >= 15 is 0 Å². The molecule has 21 heavy (non-hydrogen) atoms. The van der Waals surface area contributed by atoms with Crippen LogP contribution in [0.2, 0.25) is 0 Å². The van der Waals surface area contributed by atoms with Crippen molar-refractivity contribution in [2.45, 2.75) is 4.90 Å². The molecule has 112 valence electrons. The molecule has 0 atom stereocenters. The zero-order valence-corrected chi connectivity index (χ0v) is 13.3. The topological polar surface area (TPSA) is 81.4 Å². The summed E-state index contributed by atoms with van der Waals surface area (Å²) in [7, 11) is -2.57. The minimum atomic E-state index is -3.89. The first kappa shape index (κ1) is 15.6. The minimum absolute atomic E-state index is 0.0196. The predicted molar refractivity (Wildman–Crippen MR) is 82.3 cm³/mol. The summed E-state index contributed by atoms with van der Waals surface area (Å²) >= 11 is 3.16. The number of rotatable bonds is 4. The first-order valence-electron chi connectivity index (χ1n) is 5.75. The monoisotopic (exact) mass is 374 g/mol. The van der Waals surface area contributed by atoms with Crippen molar-refractivity contribution in [3.63, 3.8) is 0 Å². The average molecular weight is 375 g/mol. The van der Waals surface area contributed by atoms with Crippen molar-refractivity contribution in [1.29, 1.82) is 0 Å². The zero-order chi connectivity index (χ0) is 15.6. The number of anilines is 2. The lowest BCUT2D eigenvalue weighted by Crippen LogP contribution is -2.14. The highest BCUT2D eigenvalue weighted by Gasteiger charge is 2.20. The van der Waals surface area contributed by atoms with Gasteiger partial charge in [0.2, 0.25) is 0 Å². The molecule has 0 amide bonds. The van der Waals surface area contributed by atoms with E-state index in [2.05, 4.69) is 20.7 Å². The molecule has 0 unspecified atom stereocenters. The molecular weight excluding hydrogens is 363 g/mol. The molecule has 0 aliphatic carbocycles. The highest BCUT2D eigenvalue weighted by Crippen LogP contribution is 2.30. The molecule has 2 aromatic rings. The van der Waals surface area contributed by atoms with Gasteiger partial charge in [0.25, 0.3) is 10.0 Å². The first-order valence-corrected chi connectivity index (χ1v) is 8.02. The molecule has 0 aromatic heterocycles. The first-order chi connectivity index (χ1) is 9.83. The van der Waals surface area contributed by atoms with Gasteiger partial charge in [-0.3, -0.25) is 4.72 Å². The van der Waals surface area contributed by atoms with Crippen molar-refractivity contribution in [1.82, 2.24) is 0 Å². The van der Waals surface area contributed by atoms with Crippen molar-refractivity contribution in [2.24, 2.45) is 0 Å². The second-order valence-electron chi connectivity index (χ2n) is 4.14. The summed E-state index contributed by atoms with van der Waals surface area (Å²) < 4.78 is 45.6. The van der Waals surface area contributed by atoms with Crippen LogP contribution in [0.4, 0.5) is 15.8 Å². The number of sulfonamides is 1. The molecule has 0 saturated carbocycles. The Kier molecular flexibility index (Phi) is 4.38. The van der Waals surface area contributed by atoms with Crippen molar-refractivity contribution < 1.29 is 17.5 Å². The molecule has 0 heterocycles. The average Bonchev–Trinajstić information content (AvgIpc) is 2.43. The molecule has 5 nitrogen and oxygen atoms in total. The molecule has 0 bridgehead atoms. The summed E-state index contributed by atoms with van der Waals surface area (Å²) in [4.78, 5) is -0.0196. The number of benzene rings is 2. The third-order valence-corrected chi connectivity index (χ3v) is 5.01. The minimum Gasteiger partial charge on any atom is -0.494 e. The fourth-order valence-electron chi connectivity index (χ4n) is 1.67. The molecule has 2 rings (SSSR count). The summed E-state index contributed by atoms with van der Waals surface area (Å²) in [5.74, 6) is -0.446. The summed E-state index contributed by atoms with van der Waals surface area (Å²) in [6.07, 6.45) is 0. The van der Waals surface area contributed by atoms with E-state index in [0.717, 1.165) is 12.1 Å². The number of nitrogens with two attached hydrogens (primary N) is 1. The van der Waals surface area contributed by atoms with Gasteiger partial charge in [-0.15, -0.1) is 0 Å². The van der Waals surface area contributed by atoms with Gasteiger partial charge in [-0.25, -0.2) is 12.8 Å². The van der Waals surface area contributed by atoms with Crippen LogP contribution in [0, 0.1) is 5.82 Å². The third kappa shape index (κ3) is 3.45. The molecular formula is C13H12BrFN2O3S. The van der Waals surface area contributed by atoms with Gasteiger partial charge >= 0.3 is 0 Å². The molecule has 2 aromatic carbocycles. The number of hydrogen-bond acceptors (Lipinski definition) is 4. The number of hydrogen-bond donors (Lipinski definition) is 2. The largest absolute Gasteiger partial charge is 0.494 e.